The van der Waals surface area contributed by atoms with E-state index in [9.17, 15) is 0 Å². The zero-order chi connectivity index (χ0) is 10.5. The third-order valence-corrected chi connectivity index (χ3v) is 3.86. The van der Waals surface area contributed by atoms with E-state index in [1.54, 1.807) is 11.3 Å². The van der Waals surface area contributed by atoms with Crippen LogP contribution in [0.5, 0.6) is 0 Å². The molecule has 1 aliphatic heterocycles. The fraction of sp³-hybridized carbons (Fsp3) is 0.600. The van der Waals surface area contributed by atoms with Crippen molar-refractivity contribution in [2.45, 2.75) is 25.8 Å². The summed E-state index contributed by atoms with van der Waals surface area (Å²) in [5.41, 5.74) is 3.02. The van der Waals surface area contributed by atoms with Gasteiger partial charge in [-0.05, 0) is 13.3 Å². The predicted molar refractivity (Wildman–Crippen MR) is 67.8 cm³/mol. The molecule has 82 valence electrons. The number of rotatable bonds is 3. The fourth-order valence-corrected chi connectivity index (χ4v) is 3.11. The first-order valence-electron chi connectivity index (χ1n) is 5.15. The Labute approximate surface area is 98.4 Å². The maximum absolute atomic E-state index is 4.54. The molecule has 1 aromatic heterocycles. The van der Waals surface area contributed by atoms with Gasteiger partial charge in [0.1, 0.15) is 0 Å². The molecule has 5 heteroatoms. The Balaban J connectivity index is 1.78. The molecule has 0 aromatic carbocycles. The molecule has 2 rings (SSSR count). The molecular formula is C10H15N3S2. The van der Waals surface area contributed by atoms with Crippen molar-refractivity contribution in [2.75, 3.05) is 12.3 Å². The van der Waals surface area contributed by atoms with Crippen LogP contribution in [0.4, 0.5) is 0 Å². The van der Waals surface area contributed by atoms with Gasteiger partial charge in [0.05, 0.1) is 11.2 Å². The minimum atomic E-state index is 0.573. The maximum atomic E-state index is 4.54. The van der Waals surface area contributed by atoms with Crippen LogP contribution in [0, 0.1) is 0 Å². The van der Waals surface area contributed by atoms with Gasteiger partial charge in [0.2, 0.25) is 0 Å². The highest BCUT2D eigenvalue weighted by atomic mass is 32.2. The highest BCUT2D eigenvalue weighted by Gasteiger charge is 2.12. The number of nitrogens with one attached hydrogen (secondary N) is 1. The lowest BCUT2D eigenvalue weighted by atomic mass is 10.3. The fourth-order valence-electron chi connectivity index (χ4n) is 1.38. The normalized spacial score (nSPS) is 24.1. The topological polar surface area (TPSA) is 37.3 Å². The first-order chi connectivity index (χ1) is 7.34. The number of aliphatic imine (C=N–C) groups is 1. The number of thioether (sulfide) groups is 1. The number of aromatic nitrogens is 1. The summed E-state index contributed by atoms with van der Waals surface area (Å²) in [6.45, 7) is 3.04. The van der Waals surface area contributed by atoms with Crippen molar-refractivity contribution < 1.29 is 0 Å². The van der Waals surface area contributed by atoms with E-state index in [1.807, 2.05) is 17.3 Å². The summed E-state index contributed by atoms with van der Waals surface area (Å²) >= 11 is 3.47. The van der Waals surface area contributed by atoms with E-state index < -0.39 is 0 Å². The van der Waals surface area contributed by atoms with Crippen LogP contribution in [0.15, 0.2) is 15.9 Å². The molecule has 1 aliphatic rings. The zero-order valence-electron chi connectivity index (χ0n) is 8.77. The standard InChI is InChI=1S/C10H15N3S2/c1-8-3-5-15-10(13-8)11-4-2-9-6-14-7-12-9/h6-8H,2-5H2,1H3,(H,11,13). The van der Waals surface area contributed by atoms with Crippen molar-refractivity contribution in [3.8, 4) is 0 Å². The van der Waals surface area contributed by atoms with E-state index in [0.717, 1.165) is 23.8 Å². The van der Waals surface area contributed by atoms with E-state index >= 15 is 0 Å². The van der Waals surface area contributed by atoms with Gasteiger partial charge in [0, 0.05) is 30.1 Å². The highest BCUT2D eigenvalue weighted by Crippen LogP contribution is 2.13. The molecule has 0 radical (unpaired) electrons. The number of amidine groups is 1. The molecule has 1 N–H and O–H groups in total. The average Bonchev–Trinajstić information content (AvgIpc) is 2.71. The third kappa shape index (κ3) is 3.50. The average molecular weight is 241 g/mol. The molecule has 0 spiro atoms. The van der Waals surface area contributed by atoms with Crippen molar-refractivity contribution in [1.82, 2.24) is 10.3 Å². The second-order valence-corrected chi connectivity index (χ2v) is 5.40. The van der Waals surface area contributed by atoms with Gasteiger partial charge >= 0.3 is 0 Å². The monoisotopic (exact) mass is 241 g/mol. The van der Waals surface area contributed by atoms with Crippen LogP contribution >= 0.6 is 23.1 Å². The molecule has 0 aliphatic carbocycles. The van der Waals surface area contributed by atoms with Crippen molar-refractivity contribution in [2.24, 2.45) is 4.99 Å². The van der Waals surface area contributed by atoms with E-state index in [0.29, 0.717) is 6.04 Å². The smallest absolute Gasteiger partial charge is 0.156 e. The van der Waals surface area contributed by atoms with E-state index in [-0.39, 0.29) is 0 Å². The lowest BCUT2D eigenvalue weighted by molar-refractivity contribution is 0.642. The van der Waals surface area contributed by atoms with E-state index in [1.165, 1.54) is 12.2 Å². The van der Waals surface area contributed by atoms with E-state index in [2.05, 4.69) is 27.6 Å². The second-order valence-electron chi connectivity index (χ2n) is 3.60. The van der Waals surface area contributed by atoms with Crippen molar-refractivity contribution in [3.05, 3.63) is 16.6 Å². The van der Waals surface area contributed by atoms with Crippen LogP contribution in [0.1, 0.15) is 19.0 Å². The third-order valence-electron chi connectivity index (χ3n) is 2.27. The molecule has 0 amide bonds. The molecular weight excluding hydrogens is 226 g/mol. The summed E-state index contributed by atoms with van der Waals surface area (Å²) in [5.74, 6) is 1.18. The van der Waals surface area contributed by atoms with Crippen molar-refractivity contribution in [3.63, 3.8) is 0 Å². The number of hydrogen-bond donors (Lipinski definition) is 1. The van der Waals surface area contributed by atoms with E-state index in [4.69, 9.17) is 0 Å². The Bertz CT molecular complexity index is 321. The maximum Gasteiger partial charge on any atom is 0.156 e. The lowest BCUT2D eigenvalue weighted by Crippen LogP contribution is -2.35. The van der Waals surface area contributed by atoms with Crippen molar-refractivity contribution in [1.29, 1.82) is 0 Å². The Morgan fingerprint density at radius 1 is 1.67 bits per heavy atom. The number of hydrogen-bond acceptors (Lipinski definition) is 4. The van der Waals surface area contributed by atoms with Crippen LogP contribution in [0.2, 0.25) is 0 Å². The van der Waals surface area contributed by atoms with Crippen LogP contribution in [-0.2, 0) is 6.42 Å². The van der Waals surface area contributed by atoms with Crippen LogP contribution in [0.3, 0.4) is 0 Å². The van der Waals surface area contributed by atoms with Gasteiger partial charge in [-0.15, -0.1) is 11.3 Å². The molecule has 1 saturated heterocycles. The SMILES string of the molecule is CC1CCSC(=NCCc2cscn2)N1. The summed E-state index contributed by atoms with van der Waals surface area (Å²) in [4.78, 5) is 8.78. The zero-order valence-corrected chi connectivity index (χ0v) is 10.4. The molecule has 0 bridgehead atoms. The van der Waals surface area contributed by atoms with Crippen LogP contribution in [0.25, 0.3) is 0 Å². The highest BCUT2D eigenvalue weighted by molar-refractivity contribution is 8.13. The van der Waals surface area contributed by atoms with Gasteiger partial charge in [0.15, 0.2) is 5.17 Å². The molecule has 1 aromatic rings. The van der Waals surface area contributed by atoms with Gasteiger partial charge in [-0.2, -0.15) is 0 Å². The summed E-state index contributed by atoms with van der Waals surface area (Å²) in [7, 11) is 0. The molecule has 1 fully saturated rings. The van der Waals surface area contributed by atoms with Gasteiger partial charge < -0.3 is 5.32 Å². The Morgan fingerprint density at radius 2 is 2.60 bits per heavy atom. The first kappa shape index (κ1) is 11.0. The molecule has 2 heterocycles. The Kier molecular flexibility index (Phi) is 4.02. The van der Waals surface area contributed by atoms with Gasteiger partial charge in [0.25, 0.3) is 0 Å². The van der Waals surface area contributed by atoms with Crippen LogP contribution in [-0.4, -0.2) is 28.5 Å². The minimum absolute atomic E-state index is 0.573. The molecule has 15 heavy (non-hydrogen) atoms. The molecule has 0 saturated carbocycles. The Hall–Kier alpha value is -0.550. The molecule has 1 unspecified atom stereocenters. The van der Waals surface area contributed by atoms with Crippen LogP contribution < -0.4 is 5.32 Å². The summed E-state index contributed by atoms with van der Waals surface area (Å²) in [6, 6.07) is 0.573. The predicted octanol–water partition coefficient (Wildman–Crippen LogP) is 2.16. The van der Waals surface area contributed by atoms with Gasteiger partial charge in [-0.3, -0.25) is 4.99 Å². The quantitative estimate of drug-likeness (QED) is 0.881. The minimum Gasteiger partial charge on any atom is -0.362 e. The summed E-state index contributed by atoms with van der Waals surface area (Å²) in [5, 5.41) is 6.58. The number of nitrogens with zero attached hydrogens (tertiary/aromatic N) is 2. The summed E-state index contributed by atoms with van der Waals surface area (Å²) in [6.07, 6.45) is 2.18. The largest absolute Gasteiger partial charge is 0.362 e. The first-order valence-corrected chi connectivity index (χ1v) is 7.08. The number of thiazole rings is 1. The second kappa shape index (κ2) is 5.51. The molecule has 3 nitrogen and oxygen atoms in total. The summed E-state index contributed by atoms with van der Waals surface area (Å²) < 4.78 is 0. The van der Waals surface area contributed by atoms with Gasteiger partial charge in [-0.1, -0.05) is 11.8 Å². The van der Waals surface area contributed by atoms with Crippen molar-refractivity contribution >= 4 is 28.3 Å². The van der Waals surface area contributed by atoms with Gasteiger partial charge in [-0.25, -0.2) is 4.98 Å². The molecule has 1 atom stereocenters. The Morgan fingerprint density at radius 3 is 3.33 bits per heavy atom. The lowest BCUT2D eigenvalue weighted by Gasteiger charge is -2.21.